The number of esters is 1. The highest BCUT2D eigenvalue weighted by Crippen LogP contribution is 2.60. The fraction of sp³-hybridized carbons (Fsp3) is 0.588. The van der Waals surface area contributed by atoms with Gasteiger partial charge in [-0.05, 0) is 68.4 Å². The average Bonchev–Trinajstić information content (AvgIpc) is 2.46. The van der Waals surface area contributed by atoms with Crippen LogP contribution in [0.1, 0.15) is 38.5 Å². The number of ether oxygens (including phenoxy) is 1. The number of non-ortho nitro benzene ring substituents is 1. The van der Waals surface area contributed by atoms with E-state index in [4.69, 9.17) is 4.74 Å². The molecule has 4 saturated carbocycles. The maximum atomic E-state index is 12.7. The van der Waals surface area contributed by atoms with Gasteiger partial charge in [-0.15, -0.1) is 0 Å². The SMILES string of the molecule is O=C(Oc1ccc([N+](=O)[O-])cc1)C12CC3CC(CC(C3)C1)C2. The number of nitro groups is 1. The third-order valence-corrected chi connectivity index (χ3v) is 5.73. The molecule has 116 valence electrons. The number of carbonyl (C=O) groups excluding carboxylic acids is 1. The van der Waals surface area contributed by atoms with Gasteiger partial charge in [0.25, 0.3) is 5.69 Å². The Morgan fingerprint density at radius 3 is 2.00 bits per heavy atom. The molecular weight excluding hydrogens is 282 g/mol. The number of carbonyl (C=O) groups is 1. The number of nitro benzene ring substituents is 1. The van der Waals surface area contributed by atoms with Crippen LogP contribution in [0.15, 0.2) is 24.3 Å². The van der Waals surface area contributed by atoms with Crippen LogP contribution in [0.5, 0.6) is 5.75 Å². The summed E-state index contributed by atoms with van der Waals surface area (Å²) < 4.78 is 5.57. The number of hydrogen-bond acceptors (Lipinski definition) is 4. The second kappa shape index (κ2) is 4.80. The predicted molar refractivity (Wildman–Crippen MR) is 79.3 cm³/mol. The summed E-state index contributed by atoms with van der Waals surface area (Å²) in [6.45, 7) is 0. The highest BCUT2D eigenvalue weighted by molar-refractivity contribution is 5.80. The Balaban J connectivity index is 1.51. The van der Waals surface area contributed by atoms with Crippen LogP contribution in [-0.4, -0.2) is 10.9 Å². The largest absolute Gasteiger partial charge is 0.426 e. The quantitative estimate of drug-likeness (QED) is 0.369. The van der Waals surface area contributed by atoms with Crippen molar-refractivity contribution in [2.24, 2.45) is 23.2 Å². The first-order valence-electron chi connectivity index (χ1n) is 8.01. The van der Waals surface area contributed by atoms with E-state index in [9.17, 15) is 14.9 Å². The highest BCUT2D eigenvalue weighted by Gasteiger charge is 2.55. The van der Waals surface area contributed by atoms with Crippen LogP contribution in [0.4, 0.5) is 5.69 Å². The Labute approximate surface area is 128 Å². The van der Waals surface area contributed by atoms with Crippen molar-refractivity contribution in [3.05, 3.63) is 34.4 Å². The molecule has 5 heteroatoms. The van der Waals surface area contributed by atoms with Crippen LogP contribution in [0, 0.1) is 33.3 Å². The van der Waals surface area contributed by atoms with Gasteiger partial charge in [0.05, 0.1) is 10.3 Å². The Kier molecular flexibility index (Phi) is 2.99. The summed E-state index contributed by atoms with van der Waals surface area (Å²) in [5, 5.41) is 10.7. The molecule has 0 amide bonds. The second-order valence-corrected chi connectivity index (χ2v) is 7.34. The summed E-state index contributed by atoms with van der Waals surface area (Å²) in [6.07, 6.45) is 6.73. The molecule has 5 rings (SSSR count). The first-order valence-corrected chi connectivity index (χ1v) is 8.01. The van der Waals surface area contributed by atoms with E-state index in [2.05, 4.69) is 0 Å². The molecule has 22 heavy (non-hydrogen) atoms. The van der Waals surface area contributed by atoms with Crippen molar-refractivity contribution in [2.75, 3.05) is 0 Å². The topological polar surface area (TPSA) is 69.4 Å². The van der Waals surface area contributed by atoms with E-state index in [0.717, 1.165) is 19.3 Å². The molecule has 4 aliphatic rings. The van der Waals surface area contributed by atoms with E-state index in [1.807, 2.05) is 0 Å². The third-order valence-electron chi connectivity index (χ3n) is 5.73. The standard InChI is InChI=1S/C17H19NO4/c19-16(22-15-3-1-14(2-4-15)18(20)21)17-8-11-5-12(9-17)7-13(6-11)10-17/h1-4,11-13H,5-10H2. The number of nitrogens with zero attached hydrogens (tertiary/aromatic N) is 1. The van der Waals surface area contributed by atoms with Gasteiger partial charge < -0.3 is 4.74 Å². The minimum absolute atomic E-state index is 0.00889. The smallest absolute Gasteiger partial charge is 0.317 e. The Morgan fingerprint density at radius 1 is 1.05 bits per heavy atom. The van der Waals surface area contributed by atoms with E-state index in [1.54, 1.807) is 0 Å². The molecule has 0 spiro atoms. The lowest BCUT2D eigenvalue weighted by Crippen LogP contribution is -2.51. The first kappa shape index (κ1) is 13.7. The average molecular weight is 301 g/mol. The molecule has 4 aliphatic carbocycles. The normalized spacial score (nSPS) is 35.4. The minimum Gasteiger partial charge on any atom is -0.426 e. The van der Waals surface area contributed by atoms with Gasteiger partial charge in [-0.3, -0.25) is 14.9 Å². The molecule has 0 heterocycles. The van der Waals surface area contributed by atoms with Gasteiger partial charge >= 0.3 is 5.97 Å². The summed E-state index contributed by atoms with van der Waals surface area (Å²) in [5.74, 6) is 2.36. The van der Waals surface area contributed by atoms with Gasteiger partial charge in [-0.2, -0.15) is 0 Å². The summed E-state index contributed by atoms with van der Waals surface area (Å²) in [6, 6.07) is 5.78. The lowest BCUT2D eigenvalue weighted by Gasteiger charge is -2.55. The first-order chi connectivity index (χ1) is 10.5. The van der Waals surface area contributed by atoms with Crippen molar-refractivity contribution in [1.82, 2.24) is 0 Å². The molecule has 1 aromatic carbocycles. The van der Waals surface area contributed by atoms with E-state index in [1.165, 1.54) is 43.5 Å². The van der Waals surface area contributed by atoms with Gasteiger partial charge in [0.2, 0.25) is 0 Å². The molecule has 0 N–H and O–H groups in total. The molecule has 0 unspecified atom stereocenters. The van der Waals surface area contributed by atoms with Gasteiger partial charge in [0, 0.05) is 12.1 Å². The summed E-state index contributed by atoms with van der Waals surface area (Å²) >= 11 is 0. The van der Waals surface area contributed by atoms with Gasteiger partial charge in [0.1, 0.15) is 5.75 Å². The number of rotatable bonds is 3. The molecule has 0 aliphatic heterocycles. The van der Waals surface area contributed by atoms with E-state index in [0.29, 0.717) is 23.5 Å². The van der Waals surface area contributed by atoms with Crippen molar-refractivity contribution < 1.29 is 14.5 Å². The van der Waals surface area contributed by atoms with Crippen molar-refractivity contribution in [1.29, 1.82) is 0 Å². The molecule has 0 atom stereocenters. The lowest BCUT2D eigenvalue weighted by molar-refractivity contribution is -0.384. The van der Waals surface area contributed by atoms with Crippen LogP contribution in [0.3, 0.4) is 0 Å². The van der Waals surface area contributed by atoms with E-state index >= 15 is 0 Å². The summed E-state index contributed by atoms with van der Waals surface area (Å²) in [4.78, 5) is 22.9. The third kappa shape index (κ3) is 2.19. The molecule has 0 aromatic heterocycles. The van der Waals surface area contributed by atoms with Crippen molar-refractivity contribution in [3.8, 4) is 5.75 Å². The maximum Gasteiger partial charge on any atom is 0.317 e. The number of hydrogen-bond donors (Lipinski definition) is 0. The Morgan fingerprint density at radius 2 is 1.55 bits per heavy atom. The zero-order chi connectivity index (χ0) is 15.3. The molecule has 4 fully saturated rings. The van der Waals surface area contributed by atoms with E-state index in [-0.39, 0.29) is 17.1 Å². The molecule has 1 aromatic rings. The second-order valence-electron chi connectivity index (χ2n) is 7.34. The molecule has 4 bridgehead atoms. The van der Waals surface area contributed by atoms with Crippen LogP contribution < -0.4 is 4.74 Å². The monoisotopic (exact) mass is 301 g/mol. The van der Waals surface area contributed by atoms with Crippen LogP contribution >= 0.6 is 0 Å². The predicted octanol–water partition coefficient (Wildman–Crippen LogP) is 3.72. The highest BCUT2D eigenvalue weighted by atomic mass is 16.6. The Hall–Kier alpha value is -1.91. The number of benzene rings is 1. The molecule has 0 radical (unpaired) electrons. The maximum absolute atomic E-state index is 12.7. The molecule has 5 nitrogen and oxygen atoms in total. The fourth-order valence-corrected chi connectivity index (χ4v) is 5.21. The Bertz CT molecular complexity index is 587. The van der Waals surface area contributed by atoms with Crippen LogP contribution in [0.2, 0.25) is 0 Å². The van der Waals surface area contributed by atoms with Gasteiger partial charge in [-0.25, -0.2) is 0 Å². The fourth-order valence-electron chi connectivity index (χ4n) is 5.21. The minimum atomic E-state index is -0.454. The van der Waals surface area contributed by atoms with Gasteiger partial charge in [-0.1, -0.05) is 0 Å². The lowest BCUT2D eigenvalue weighted by atomic mass is 9.49. The van der Waals surface area contributed by atoms with Crippen molar-refractivity contribution in [3.63, 3.8) is 0 Å². The van der Waals surface area contributed by atoms with Crippen LogP contribution in [0.25, 0.3) is 0 Å². The van der Waals surface area contributed by atoms with Crippen molar-refractivity contribution in [2.45, 2.75) is 38.5 Å². The molecule has 0 saturated heterocycles. The van der Waals surface area contributed by atoms with Crippen LogP contribution in [-0.2, 0) is 4.79 Å². The van der Waals surface area contributed by atoms with Crippen molar-refractivity contribution >= 4 is 11.7 Å². The summed E-state index contributed by atoms with van der Waals surface area (Å²) in [7, 11) is 0. The zero-order valence-electron chi connectivity index (χ0n) is 12.4. The summed E-state index contributed by atoms with van der Waals surface area (Å²) in [5.41, 5.74) is -0.286. The zero-order valence-corrected chi connectivity index (χ0v) is 12.4. The molecular formula is C17H19NO4. The van der Waals surface area contributed by atoms with Gasteiger partial charge in [0.15, 0.2) is 0 Å². The van der Waals surface area contributed by atoms with E-state index < -0.39 is 4.92 Å².